The number of piperidine rings is 1. The van der Waals surface area contributed by atoms with Gasteiger partial charge in [0.05, 0.1) is 0 Å². The number of alkyl halides is 3. The van der Waals surface area contributed by atoms with Crippen molar-refractivity contribution in [1.82, 2.24) is 4.90 Å². The molecule has 0 aromatic heterocycles. The lowest BCUT2D eigenvalue weighted by molar-refractivity contribution is -0.162. The fourth-order valence-electron chi connectivity index (χ4n) is 1.76. The van der Waals surface area contributed by atoms with E-state index in [1.807, 2.05) is 0 Å². The van der Waals surface area contributed by atoms with E-state index in [9.17, 15) is 18.0 Å². The second-order valence-electron chi connectivity index (χ2n) is 4.01. The lowest BCUT2D eigenvalue weighted by atomic mass is 9.95. The third-order valence-corrected chi connectivity index (χ3v) is 2.81. The Kier molecular flexibility index (Phi) is 4.44. The van der Waals surface area contributed by atoms with E-state index in [0.717, 1.165) is 19.3 Å². The minimum Gasteiger partial charge on any atom is -0.440 e. The first-order valence-corrected chi connectivity index (χ1v) is 5.41. The Labute approximate surface area is 92.5 Å². The van der Waals surface area contributed by atoms with Crippen LogP contribution in [0.2, 0.25) is 0 Å². The summed E-state index contributed by atoms with van der Waals surface area (Å²) in [4.78, 5) is 12.6. The highest BCUT2D eigenvalue weighted by Gasteiger charge is 2.31. The average Bonchev–Trinajstić information content (AvgIpc) is 2.25. The number of hydrogen-bond donors (Lipinski definition) is 0. The quantitative estimate of drug-likeness (QED) is 0.741. The largest absolute Gasteiger partial charge is 0.440 e. The van der Waals surface area contributed by atoms with Gasteiger partial charge >= 0.3 is 12.3 Å². The predicted molar refractivity (Wildman–Crippen MR) is 52.0 cm³/mol. The molecule has 0 N–H and O–H groups in total. The summed E-state index contributed by atoms with van der Waals surface area (Å²) in [7, 11) is 0. The van der Waals surface area contributed by atoms with Crippen LogP contribution in [0, 0.1) is 5.92 Å². The highest BCUT2D eigenvalue weighted by Crippen LogP contribution is 2.21. The van der Waals surface area contributed by atoms with Gasteiger partial charge in [0.1, 0.15) is 0 Å². The molecule has 0 saturated carbocycles. The molecular weight excluding hydrogens is 223 g/mol. The molecule has 0 atom stereocenters. The fourth-order valence-corrected chi connectivity index (χ4v) is 1.76. The van der Waals surface area contributed by atoms with Gasteiger partial charge < -0.3 is 9.64 Å². The Morgan fingerprint density at radius 2 is 1.94 bits per heavy atom. The number of nitrogens with zero attached hydrogens (tertiary/aromatic N) is 1. The molecule has 6 heteroatoms. The van der Waals surface area contributed by atoms with Crippen molar-refractivity contribution in [1.29, 1.82) is 0 Å². The van der Waals surface area contributed by atoms with E-state index in [1.54, 1.807) is 0 Å². The van der Waals surface area contributed by atoms with Gasteiger partial charge in [-0.25, -0.2) is 4.79 Å². The molecule has 0 bridgehead atoms. The van der Waals surface area contributed by atoms with Gasteiger partial charge in [0.25, 0.3) is 0 Å². The van der Waals surface area contributed by atoms with E-state index < -0.39 is 18.9 Å². The zero-order valence-electron chi connectivity index (χ0n) is 9.22. The van der Waals surface area contributed by atoms with Gasteiger partial charge in [0, 0.05) is 13.1 Å². The van der Waals surface area contributed by atoms with Crippen molar-refractivity contribution in [3.8, 4) is 0 Å². The van der Waals surface area contributed by atoms with Crippen LogP contribution in [0.25, 0.3) is 0 Å². The predicted octanol–water partition coefficient (Wildman–Crippen LogP) is 2.81. The van der Waals surface area contributed by atoms with E-state index in [2.05, 4.69) is 11.7 Å². The molecule has 0 radical (unpaired) electrons. The number of ether oxygens (including phenoxy) is 1. The molecule has 0 unspecified atom stereocenters. The maximum absolute atomic E-state index is 11.8. The molecule has 0 aromatic carbocycles. The molecule has 0 spiro atoms. The SMILES string of the molecule is CCC1CCN(C(=O)OCC(F)(F)F)CC1. The molecule has 16 heavy (non-hydrogen) atoms. The Hall–Kier alpha value is -0.940. The number of halogens is 3. The first-order valence-electron chi connectivity index (χ1n) is 5.41. The molecule has 0 aliphatic carbocycles. The first kappa shape index (κ1) is 13.1. The molecular formula is C10H16F3NO2. The van der Waals surface area contributed by atoms with E-state index in [0.29, 0.717) is 19.0 Å². The van der Waals surface area contributed by atoms with Crippen molar-refractivity contribution < 1.29 is 22.7 Å². The highest BCUT2D eigenvalue weighted by molar-refractivity contribution is 5.67. The van der Waals surface area contributed by atoms with Crippen LogP contribution in [0.1, 0.15) is 26.2 Å². The summed E-state index contributed by atoms with van der Waals surface area (Å²) < 4.78 is 39.6. The Balaban J connectivity index is 2.28. The molecule has 1 aliphatic heterocycles. The number of carbonyl (C=O) groups is 1. The monoisotopic (exact) mass is 239 g/mol. The van der Waals surface area contributed by atoms with Gasteiger partial charge in [0.15, 0.2) is 6.61 Å². The van der Waals surface area contributed by atoms with Crippen LogP contribution in [0.4, 0.5) is 18.0 Å². The van der Waals surface area contributed by atoms with Crippen LogP contribution in [-0.4, -0.2) is 36.9 Å². The molecule has 1 aliphatic rings. The van der Waals surface area contributed by atoms with Crippen molar-refractivity contribution >= 4 is 6.09 Å². The van der Waals surface area contributed by atoms with Crippen molar-refractivity contribution in [2.45, 2.75) is 32.4 Å². The van der Waals surface area contributed by atoms with Gasteiger partial charge in [-0.3, -0.25) is 0 Å². The van der Waals surface area contributed by atoms with E-state index >= 15 is 0 Å². The van der Waals surface area contributed by atoms with Crippen molar-refractivity contribution in [3.63, 3.8) is 0 Å². The molecule has 1 amide bonds. The minimum atomic E-state index is -4.45. The van der Waals surface area contributed by atoms with Crippen molar-refractivity contribution in [2.24, 2.45) is 5.92 Å². The number of rotatable bonds is 2. The number of likely N-dealkylation sites (tertiary alicyclic amines) is 1. The van der Waals surface area contributed by atoms with Gasteiger partial charge in [-0.1, -0.05) is 13.3 Å². The number of hydrogen-bond acceptors (Lipinski definition) is 2. The number of carbonyl (C=O) groups excluding carboxylic acids is 1. The molecule has 94 valence electrons. The van der Waals surface area contributed by atoms with E-state index in [1.165, 1.54) is 4.90 Å². The van der Waals surface area contributed by atoms with Gasteiger partial charge in [-0.2, -0.15) is 13.2 Å². The molecule has 1 rings (SSSR count). The Morgan fingerprint density at radius 1 is 1.38 bits per heavy atom. The summed E-state index contributed by atoms with van der Waals surface area (Å²) in [6.45, 7) is 1.56. The average molecular weight is 239 g/mol. The minimum absolute atomic E-state index is 0.495. The van der Waals surface area contributed by atoms with Crippen molar-refractivity contribution in [3.05, 3.63) is 0 Å². The smallest absolute Gasteiger partial charge is 0.422 e. The summed E-state index contributed by atoms with van der Waals surface area (Å²) in [6, 6.07) is 0. The number of amides is 1. The summed E-state index contributed by atoms with van der Waals surface area (Å²) >= 11 is 0. The highest BCUT2D eigenvalue weighted by atomic mass is 19.4. The second-order valence-corrected chi connectivity index (χ2v) is 4.01. The third-order valence-electron chi connectivity index (χ3n) is 2.81. The standard InChI is InChI=1S/C10H16F3NO2/c1-2-8-3-5-14(6-4-8)9(15)16-7-10(11,12)13/h8H,2-7H2,1H3. The zero-order chi connectivity index (χ0) is 12.2. The van der Waals surface area contributed by atoms with Crippen LogP contribution in [0.3, 0.4) is 0 Å². The summed E-state index contributed by atoms with van der Waals surface area (Å²) in [6.07, 6.45) is -2.56. The zero-order valence-corrected chi connectivity index (χ0v) is 9.22. The van der Waals surface area contributed by atoms with Crippen molar-refractivity contribution in [2.75, 3.05) is 19.7 Å². The van der Waals surface area contributed by atoms with Crippen LogP contribution in [0.15, 0.2) is 0 Å². The van der Waals surface area contributed by atoms with Crippen LogP contribution >= 0.6 is 0 Å². The molecule has 1 heterocycles. The van der Waals surface area contributed by atoms with Gasteiger partial charge in [0.2, 0.25) is 0 Å². The maximum atomic E-state index is 11.8. The topological polar surface area (TPSA) is 29.5 Å². The van der Waals surface area contributed by atoms with Gasteiger partial charge in [-0.15, -0.1) is 0 Å². The van der Waals surface area contributed by atoms with Crippen LogP contribution in [0.5, 0.6) is 0 Å². The van der Waals surface area contributed by atoms with Crippen LogP contribution < -0.4 is 0 Å². The lowest BCUT2D eigenvalue weighted by Crippen LogP contribution is -2.39. The molecule has 1 fully saturated rings. The summed E-state index contributed by atoms with van der Waals surface area (Å²) in [5.74, 6) is 0.576. The van der Waals surface area contributed by atoms with E-state index in [4.69, 9.17) is 0 Å². The molecule has 1 saturated heterocycles. The van der Waals surface area contributed by atoms with E-state index in [-0.39, 0.29) is 0 Å². The van der Waals surface area contributed by atoms with Gasteiger partial charge in [-0.05, 0) is 18.8 Å². The van der Waals surface area contributed by atoms with Crippen LogP contribution in [-0.2, 0) is 4.74 Å². The normalized spacial score (nSPS) is 18.6. The summed E-state index contributed by atoms with van der Waals surface area (Å²) in [5.41, 5.74) is 0. The lowest BCUT2D eigenvalue weighted by Gasteiger charge is -2.30. The fraction of sp³-hybridized carbons (Fsp3) is 0.900. The molecule has 0 aromatic rings. The second kappa shape index (κ2) is 5.41. The molecule has 3 nitrogen and oxygen atoms in total. The summed E-state index contributed by atoms with van der Waals surface area (Å²) in [5, 5.41) is 0. The Morgan fingerprint density at radius 3 is 2.38 bits per heavy atom. The third kappa shape index (κ3) is 4.28. The maximum Gasteiger partial charge on any atom is 0.422 e. The first-order chi connectivity index (χ1) is 7.42. The Bertz CT molecular complexity index is 235.